The maximum Gasteiger partial charge on any atom is 0.318 e. The number of amides is 3. The van der Waals surface area contributed by atoms with E-state index in [-0.39, 0.29) is 18.5 Å². The lowest BCUT2D eigenvalue weighted by Gasteiger charge is -2.27. The molecule has 1 aliphatic rings. The molecule has 0 atom stereocenters. The van der Waals surface area contributed by atoms with Crippen molar-refractivity contribution in [3.8, 4) is 11.5 Å². The molecule has 2 heterocycles. The second-order valence-electron chi connectivity index (χ2n) is 7.22. The predicted molar refractivity (Wildman–Crippen MR) is 119 cm³/mol. The summed E-state index contributed by atoms with van der Waals surface area (Å²) in [6.45, 7) is 0.841. The molecular weight excluding hydrogens is 420 g/mol. The molecule has 0 bridgehead atoms. The Morgan fingerprint density at radius 3 is 2.77 bits per heavy atom. The van der Waals surface area contributed by atoms with Crippen molar-refractivity contribution in [1.29, 1.82) is 0 Å². The lowest BCUT2D eigenvalue weighted by molar-refractivity contribution is -0.115. The van der Waals surface area contributed by atoms with E-state index in [1.54, 1.807) is 30.2 Å². The standard InChI is InChI=1S/C22H23ClN4O4/c1-30-14-4-6-20(31-2)18(10-14)26-21(28)11-24-22(29)27-8-7-15-16-9-13(23)3-5-17(16)25-19(15)12-27/h3-6,9-10,25H,7-8,11-12H2,1-2H3,(H,24,29)(H,26,28). The number of nitrogens with one attached hydrogen (secondary N) is 3. The Kier molecular flexibility index (Phi) is 5.90. The van der Waals surface area contributed by atoms with Crippen LogP contribution >= 0.6 is 11.6 Å². The van der Waals surface area contributed by atoms with E-state index in [4.69, 9.17) is 21.1 Å². The van der Waals surface area contributed by atoms with Crippen LogP contribution in [0.5, 0.6) is 11.5 Å². The van der Waals surface area contributed by atoms with Gasteiger partial charge in [-0.15, -0.1) is 0 Å². The molecule has 0 radical (unpaired) electrons. The van der Waals surface area contributed by atoms with Crippen molar-refractivity contribution in [1.82, 2.24) is 15.2 Å². The van der Waals surface area contributed by atoms with E-state index >= 15 is 0 Å². The number of fused-ring (bicyclic) bond motifs is 3. The molecule has 1 aromatic heterocycles. The minimum Gasteiger partial charge on any atom is -0.497 e. The van der Waals surface area contributed by atoms with Crippen LogP contribution in [0.2, 0.25) is 5.02 Å². The van der Waals surface area contributed by atoms with Gasteiger partial charge in [-0.3, -0.25) is 4.79 Å². The smallest absolute Gasteiger partial charge is 0.318 e. The summed E-state index contributed by atoms with van der Waals surface area (Å²) < 4.78 is 10.4. The largest absolute Gasteiger partial charge is 0.497 e. The maximum atomic E-state index is 12.6. The normalized spacial score (nSPS) is 12.9. The number of nitrogens with zero attached hydrogens (tertiary/aromatic N) is 1. The number of carbonyl (C=O) groups excluding carboxylic acids is 2. The number of urea groups is 1. The molecule has 0 unspecified atom stereocenters. The number of carbonyl (C=O) groups is 2. The van der Waals surface area contributed by atoms with Gasteiger partial charge in [-0.25, -0.2) is 4.79 Å². The maximum absolute atomic E-state index is 12.6. The first-order valence-electron chi connectivity index (χ1n) is 9.82. The van der Waals surface area contributed by atoms with Crippen LogP contribution in [0.25, 0.3) is 10.9 Å². The molecule has 9 heteroatoms. The molecule has 8 nitrogen and oxygen atoms in total. The Labute approximate surface area is 184 Å². The number of aromatic nitrogens is 1. The first kappa shape index (κ1) is 20.9. The third kappa shape index (κ3) is 4.39. The highest BCUT2D eigenvalue weighted by molar-refractivity contribution is 6.31. The van der Waals surface area contributed by atoms with Crippen LogP contribution in [0.1, 0.15) is 11.3 Å². The van der Waals surface area contributed by atoms with Gasteiger partial charge in [0.25, 0.3) is 0 Å². The third-order valence-electron chi connectivity index (χ3n) is 5.31. The second kappa shape index (κ2) is 8.77. The van der Waals surface area contributed by atoms with Crippen LogP contribution in [-0.4, -0.2) is 49.1 Å². The Morgan fingerprint density at radius 2 is 2.00 bits per heavy atom. The Bertz CT molecular complexity index is 1140. The summed E-state index contributed by atoms with van der Waals surface area (Å²) in [7, 11) is 3.06. The van der Waals surface area contributed by atoms with Crippen molar-refractivity contribution in [3.05, 3.63) is 52.7 Å². The molecule has 1 aliphatic heterocycles. The van der Waals surface area contributed by atoms with E-state index in [1.165, 1.54) is 12.7 Å². The highest BCUT2D eigenvalue weighted by Gasteiger charge is 2.24. The average Bonchev–Trinajstić information content (AvgIpc) is 3.14. The van der Waals surface area contributed by atoms with Gasteiger partial charge < -0.3 is 30.0 Å². The zero-order valence-corrected chi connectivity index (χ0v) is 18.0. The number of hydrogen-bond donors (Lipinski definition) is 3. The molecule has 4 rings (SSSR count). The number of halogens is 1. The first-order chi connectivity index (χ1) is 15.0. The van der Waals surface area contributed by atoms with Gasteiger partial charge in [0.05, 0.1) is 33.0 Å². The number of hydrogen-bond acceptors (Lipinski definition) is 4. The fourth-order valence-electron chi connectivity index (χ4n) is 3.76. The number of methoxy groups -OCH3 is 2. The molecule has 3 amide bonds. The van der Waals surface area contributed by atoms with Crippen LogP contribution < -0.4 is 20.1 Å². The molecule has 0 saturated carbocycles. The van der Waals surface area contributed by atoms with Gasteiger partial charge in [0, 0.05) is 34.2 Å². The van der Waals surface area contributed by atoms with E-state index in [2.05, 4.69) is 15.6 Å². The van der Waals surface area contributed by atoms with Crippen LogP contribution in [-0.2, 0) is 17.8 Å². The molecule has 2 aromatic carbocycles. The Morgan fingerprint density at radius 1 is 1.16 bits per heavy atom. The quantitative estimate of drug-likeness (QED) is 0.563. The molecule has 162 valence electrons. The molecular formula is C22H23ClN4O4. The summed E-state index contributed by atoms with van der Waals surface area (Å²) in [4.78, 5) is 30.0. The first-order valence-corrected chi connectivity index (χ1v) is 10.2. The zero-order valence-electron chi connectivity index (χ0n) is 17.3. The topological polar surface area (TPSA) is 95.7 Å². The number of rotatable bonds is 5. The Balaban J connectivity index is 1.36. The van der Waals surface area contributed by atoms with E-state index < -0.39 is 0 Å². The molecule has 3 aromatic rings. The van der Waals surface area contributed by atoms with Crippen LogP contribution in [0.15, 0.2) is 36.4 Å². The van der Waals surface area contributed by atoms with Gasteiger partial charge in [-0.2, -0.15) is 0 Å². The van der Waals surface area contributed by atoms with Gasteiger partial charge in [0.1, 0.15) is 11.5 Å². The number of ether oxygens (including phenoxy) is 2. The summed E-state index contributed by atoms with van der Waals surface area (Å²) >= 11 is 6.12. The summed E-state index contributed by atoms with van der Waals surface area (Å²) in [6, 6.07) is 10.5. The molecule has 31 heavy (non-hydrogen) atoms. The monoisotopic (exact) mass is 442 g/mol. The highest BCUT2D eigenvalue weighted by atomic mass is 35.5. The van der Waals surface area contributed by atoms with Crippen molar-refractivity contribution >= 4 is 40.1 Å². The minimum atomic E-state index is -0.363. The van der Waals surface area contributed by atoms with E-state index in [9.17, 15) is 9.59 Å². The van der Waals surface area contributed by atoms with Crippen molar-refractivity contribution < 1.29 is 19.1 Å². The summed E-state index contributed by atoms with van der Waals surface area (Å²) in [5, 5.41) is 7.20. The van der Waals surface area contributed by atoms with E-state index in [1.807, 2.05) is 18.2 Å². The molecule has 0 aliphatic carbocycles. The SMILES string of the molecule is COc1ccc(OC)c(NC(=O)CNC(=O)N2CCc3c([nH]c4ccc(Cl)cc34)C2)c1. The van der Waals surface area contributed by atoms with E-state index in [0.29, 0.717) is 35.3 Å². The van der Waals surface area contributed by atoms with Gasteiger partial charge in [-0.05, 0) is 42.3 Å². The van der Waals surface area contributed by atoms with Gasteiger partial charge in [-0.1, -0.05) is 11.6 Å². The van der Waals surface area contributed by atoms with Crippen molar-refractivity contribution in [3.63, 3.8) is 0 Å². The fourth-order valence-corrected chi connectivity index (χ4v) is 3.93. The highest BCUT2D eigenvalue weighted by Crippen LogP contribution is 2.30. The number of benzene rings is 2. The zero-order chi connectivity index (χ0) is 22.0. The summed E-state index contributed by atoms with van der Waals surface area (Å²) in [5.41, 5.74) is 3.65. The van der Waals surface area contributed by atoms with Crippen LogP contribution in [0.4, 0.5) is 10.5 Å². The minimum absolute atomic E-state index is 0.162. The van der Waals surface area contributed by atoms with Gasteiger partial charge in [0.2, 0.25) is 5.91 Å². The van der Waals surface area contributed by atoms with Crippen LogP contribution in [0.3, 0.4) is 0 Å². The predicted octanol–water partition coefficient (Wildman–Crippen LogP) is 3.54. The van der Waals surface area contributed by atoms with Gasteiger partial charge >= 0.3 is 6.03 Å². The summed E-state index contributed by atoms with van der Waals surface area (Å²) in [6.07, 6.45) is 0.719. The third-order valence-corrected chi connectivity index (χ3v) is 5.54. The fraction of sp³-hybridized carbons (Fsp3) is 0.273. The second-order valence-corrected chi connectivity index (χ2v) is 7.65. The number of anilines is 1. The average molecular weight is 443 g/mol. The molecule has 0 spiro atoms. The number of aromatic amines is 1. The Hall–Kier alpha value is -3.39. The van der Waals surface area contributed by atoms with E-state index in [0.717, 1.165) is 23.0 Å². The lowest BCUT2D eigenvalue weighted by Crippen LogP contribution is -2.45. The van der Waals surface area contributed by atoms with Crippen molar-refractivity contribution in [2.24, 2.45) is 0 Å². The summed E-state index contributed by atoms with van der Waals surface area (Å²) in [5.74, 6) is 0.727. The molecule has 0 fully saturated rings. The van der Waals surface area contributed by atoms with Gasteiger partial charge in [0.15, 0.2) is 0 Å². The number of H-pyrrole nitrogens is 1. The lowest BCUT2D eigenvalue weighted by atomic mass is 10.0. The van der Waals surface area contributed by atoms with Crippen molar-refractivity contribution in [2.45, 2.75) is 13.0 Å². The molecule has 0 saturated heterocycles. The van der Waals surface area contributed by atoms with Crippen molar-refractivity contribution in [2.75, 3.05) is 32.6 Å². The van der Waals surface area contributed by atoms with Crippen LogP contribution in [0, 0.1) is 0 Å². The molecule has 3 N–H and O–H groups in total.